The zero-order valence-corrected chi connectivity index (χ0v) is 13.3. The number of nitrogens with zero attached hydrogens (tertiary/aromatic N) is 1. The first kappa shape index (κ1) is 13.4. The van der Waals surface area contributed by atoms with Crippen molar-refractivity contribution in [3.8, 4) is 0 Å². The first-order chi connectivity index (χ1) is 11.1. The van der Waals surface area contributed by atoms with Crippen LogP contribution in [0.2, 0.25) is 0 Å². The zero-order valence-electron chi connectivity index (χ0n) is 13.3. The molecule has 2 aliphatic heterocycles. The summed E-state index contributed by atoms with van der Waals surface area (Å²) in [5.41, 5.74) is 5.24. The number of allylic oxidation sites excluding steroid dienone is 4. The van der Waals surface area contributed by atoms with Crippen LogP contribution in [0.1, 0.15) is 41.4 Å². The van der Waals surface area contributed by atoms with Crippen LogP contribution in [0.15, 0.2) is 36.4 Å². The maximum Gasteiger partial charge on any atom is 0.326 e. The van der Waals surface area contributed by atoms with Crippen molar-refractivity contribution in [2.45, 2.75) is 37.6 Å². The molecule has 0 saturated carbocycles. The molecule has 5 atom stereocenters. The molecule has 1 aromatic carbocycles. The molecule has 0 fully saturated rings. The van der Waals surface area contributed by atoms with Gasteiger partial charge in [-0.15, -0.1) is 0 Å². The highest BCUT2D eigenvalue weighted by Crippen LogP contribution is 2.55. The van der Waals surface area contributed by atoms with Crippen molar-refractivity contribution >= 4 is 11.7 Å². The van der Waals surface area contributed by atoms with Gasteiger partial charge in [-0.25, -0.2) is 4.79 Å². The van der Waals surface area contributed by atoms with E-state index in [2.05, 4.69) is 48.3 Å². The number of hydrogen-bond acceptors (Lipinski definition) is 2. The van der Waals surface area contributed by atoms with Gasteiger partial charge in [-0.2, -0.15) is 0 Å². The molecule has 2 aliphatic carbocycles. The number of carbonyl (C=O) groups is 1. The monoisotopic (exact) mass is 307 g/mol. The van der Waals surface area contributed by atoms with E-state index in [1.54, 1.807) is 0 Å². The molecule has 0 amide bonds. The smallest absolute Gasteiger partial charge is 0.326 e. The number of fused-ring (bicyclic) bond motifs is 4. The van der Waals surface area contributed by atoms with E-state index in [9.17, 15) is 9.90 Å². The fourth-order valence-corrected chi connectivity index (χ4v) is 5.40. The lowest BCUT2D eigenvalue weighted by Gasteiger charge is -2.49. The van der Waals surface area contributed by atoms with Crippen LogP contribution in [0.4, 0.5) is 5.69 Å². The second-order valence-corrected chi connectivity index (χ2v) is 7.53. The molecule has 2 heterocycles. The number of carboxylic acid groups (broad SMARTS) is 1. The van der Waals surface area contributed by atoms with Crippen molar-refractivity contribution in [2.24, 2.45) is 11.8 Å². The van der Waals surface area contributed by atoms with Crippen molar-refractivity contribution in [3.05, 3.63) is 53.1 Å². The van der Waals surface area contributed by atoms with Crippen LogP contribution in [-0.4, -0.2) is 23.7 Å². The van der Waals surface area contributed by atoms with Gasteiger partial charge in [-0.3, -0.25) is 0 Å². The average molecular weight is 307 g/mol. The van der Waals surface area contributed by atoms with Crippen LogP contribution in [0.3, 0.4) is 0 Å². The van der Waals surface area contributed by atoms with E-state index < -0.39 is 5.97 Å². The molecule has 0 aromatic heterocycles. The second-order valence-electron chi connectivity index (χ2n) is 7.53. The summed E-state index contributed by atoms with van der Waals surface area (Å²) in [7, 11) is 0. The van der Waals surface area contributed by atoms with Gasteiger partial charge in [-0.1, -0.05) is 42.0 Å². The van der Waals surface area contributed by atoms with Gasteiger partial charge in [0.1, 0.15) is 6.04 Å². The third kappa shape index (κ3) is 1.68. The Hall–Kier alpha value is -2.03. The third-order valence-electron chi connectivity index (χ3n) is 6.25. The number of carboxylic acids is 1. The lowest BCUT2D eigenvalue weighted by atomic mass is 9.71. The highest BCUT2D eigenvalue weighted by atomic mass is 16.4. The molecule has 23 heavy (non-hydrogen) atoms. The molecule has 0 spiro atoms. The second kappa shape index (κ2) is 4.50. The summed E-state index contributed by atoms with van der Waals surface area (Å²) >= 11 is 0. The van der Waals surface area contributed by atoms with Crippen LogP contribution in [0.25, 0.3) is 0 Å². The first-order valence-electron chi connectivity index (χ1n) is 8.62. The van der Waals surface area contributed by atoms with E-state index in [0.717, 1.165) is 19.4 Å². The standard InChI is InChI=1S/C20H21NO2/c1-11-8-16-13-5-2-4-12(13)10-21-18(16)17(9-11)14-6-3-7-15(14)19(21)20(22)23/h2-3,5-6,8-9,12-15,19H,4,7,10H2,1H3,(H,22,23)/t12-,13-,14-,15+,19-/m1/s1. The molecular weight excluding hydrogens is 286 g/mol. The minimum Gasteiger partial charge on any atom is -0.480 e. The van der Waals surface area contributed by atoms with E-state index in [-0.39, 0.29) is 17.9 Å². The van der Waals surface area contributed by atoms with Crippen LogP contribution < -0.4 is 4.90 Å². The maximum atomic E-state index is 12.1. The molecular formula is C20H21NO2. The number of hydrogen-bond donors (Lipinski definition) is 1. The van der Waals surface area contributed by atoms with Crippen molar-refractivity contribution in [1.82, 2.24) is 0 Å². The van der Waals surface area contributed by atoms with Crippen LogP contribution in [0.5, 0.6) is 0 Å². The lowest BCUT2D eigenvalue weighted by molar-refractivity contribution is -0.140. The van der Waals surface area contributed by atoms with Gasteiger partial charge in [0, 0.05) is 30.0 Å². The minimum atomic E-state index is -0.662. The van der Waals surface area contributed by atoms with Crippen LogP contribution in [-0.2, 0) is 4.79 Å². The quantitative estimate of drug-likeness (QED) is 0.806. The molecule has 3 nitrogen and oxygen atoms in total. The highest BCUT2D eigenvalue weighted by molar-refractivity contribution is 5.84. The van der Waals surface area contributed by atoms with Gasteiger partial charge in [0.25, 0.3) is 0 Å². The van der Waals surface area contributed by atoms with E-state index >= 15 is 0 Å². The van der Waals surface area contributed by atoms with Gasteiger partial charge in [0.2, 0.25) is 0 Å². The zero-order chi connectivity index (χ0) is 15.7. The SMILES string of the molecule is Cc1cc2c3c(c1)[C@@H]1C=CC[C@@H]1[C@H](C(=O)O)N3C[C@H]1CC=C[C@@H]21. The molecule has 0 bridgehead atoms. The molecule has 0 radical (unpaired) electrons. The minimum absolute atomic E-state index is 0.181. The molecule has 4 aliphatic rings. The number of anilines is 1. The molecule has 1 N–H and O–H groups in total. The Balaban J connectivity index is 1.78. The number of aliphatic carboxylic acids is 1. The predicted molar refractivity (Wildman–Crippen MR) is 89.9 cm³/mol. The van der Waals surface area contributed by atoms with Gasteiger partial charge < -0.3 is 10.0 Å². The predicted octanol–water partition coefficient (Wildman–Crippen LogP) is 3.60. The van der Waals surface area contributed by atoms with Crippen molar-refractivity contribution in [1.29, 1.82) is 0 Å². The van der Waals surface area contributed by atoms with Crippen LogP contribution in [0, 0.1) is 18.8 Å². The summed E-state index contributed by atoms with van der Waals surface area (Å²) < 4.78 is 0. The third-order valence-corrected chi connectivity index (χ3v) is 6.25. The summed E-state index contributed by atoms with van der Waals surface area (Å²) in [5.74, 6) is 0.787. The van der Waals surface area contributed by atoms with Crippen molar-refractivity contribution < 1.29 is 9.90 Å². The lowest BCUT2D eigenvalue weighted by Crippen LogP contribution is -2.54. The Kier molecular flexibility index (Phi) is 2.62. The van der Waals surface area contributed by atoms with Gasteiger partial charge in [-0.05, 0) is 36.8 Å². The Morgan fingerprint density at radius 1 is 1.13 bits per heavy atom. The first-order valence-corrected chi connectivity index (χ1v) is 8.62. The van der Waals surface area contributed by atoms with Gasteiger partial charge in [0.05, 0.1) is 0 Å². The summed E-state index contributed by atoms with van der Waals surface area (Å²) in [4.78, 5) is 14.3. The van der Waals surface area contributed by atoms with Crippen molar-refractivity contribution in [2.75, 3.05) is 11.4 Å². The Labute approximate surface area is 136 Å². The summed E-state index contributed by atoms with van der Waals surface area (Å²) in [6.07, 6.45) is 11.0. The fraction of sp³-hybridized carbons (Fsp3) is 0.450. The van der Waals surface area contributed by atoms with Gasteiger partial charge >= 0.3 is 5.97 Å². The van der Waals surface area contributed by atoms with Crippen LogP contribution >= 0.6 is 0 Å². The van der Waals surface area contributed by atoms with Crippen molar-refractivity contribution in [3.63, 3.8) is 0 Å². The molecule has 0 unspecified atom stereocenters. The molecule has 1 aromatic rings. The molecule has 5 rings (SSSR count). The molecule has 0 saturated heterocycles. The number of rotatable bonds is 1. The largest absolute Gasteiger partial charge is 0.480 e. The summed E-state index contributed by atoms with van der Waals surface area (Å²) in [6.45, 7) is 3.04. The molecule has 3 heteroatoms. The topological polar surface area (TPSA) is 40.5 Å². The summed E-state index contributed by atoms with van der Waals surface area (Å²) in [6, 6.07) is 4.19. The van der Waals surface area contributed by atoms with E-state index in [1.165, 1.54) is 22.4 Å². The molecule has 118 valence electrons. The number of aryl methyl sites for hydroxylation is 1. The fourth-order valence-electron chi connectivity index (χ4n) is 5.40. The Bertz CT molecular complexity index is 746. The Morgan fingerprint density at radius 2 is 1.83 bits per heavy atom. The number of benzene rings is 1. The van der Waals surface area contributed by atoms with E-state index in [1.807, 2.05) is 0 Å². The average Bonchev–Trinajstić information content (AvgIpc) is 3.15. The normalized spacial score (nSPS) is 35.9. The Morgan fingerprint density at radius 3 is 2.61 bits per heavy atom. The van der Waals surface area contributed by atoms with E-state index in [4.69, 9.17) is 0 Å². The highest BCUT2D eigenvalue weighted by Gasteiger charge is 2.49. The van der Waals surface area contributed by atoms with E-state index in [0.29, 0.717) is 11.8 Å². The maximum absolute atomic E-state index is 12.1. The van der Waals surface area contributed by atoms with Gasteiger partial charge in [0.15, 0.2) is 0 Å². The summed E-state index contributed by atoms with van der Waals surface area (Å²) in [5, 5.41) is 9.94.